The highest BCUT2D eigenvalue weighted by molar-refractivity contribution is 7.14. The highest BCUT2D eigenvalue weighted by atomic mass is 32.1. The second-order valence-corrected chi connectivity index (χ2v) is 3.69. The van der Waals surface area contributed by atoms with Crippen LogP contribution in [0.1, 0.15) is 11.8 Å². The van der Waals surface area contributed by atoms with E-state index in [0.29, 0.717) is 0 Å². The van der Waals surface area contributed by atoms with Crippen molar-refractivity contribution in [2.45, 2.75) is 13.3 Å². The molecule has 0 saturated heterocycles. The van der Waals surface area contributed by atoms with E-state index in [2.05, 4.69) is 24.2 Å². The van der Waals surface area contributed by atoms with Gasteiger partial charge in [-0.05, 0) is 24.6 Å². The van der Waals surface area contributed by atoms with Crippen LogP contribution >= 0.6 is 11.3 Å². The van der Waals surface area contributed by atoms with Gasteiger partial charge < -0.3 is 0 Å². The molecule has 0 aliphatic carbocycles. The second-order valence-electron chi connectivity index (χ2n) is 2.54. The number of hydrogen-bond acceptors (Lipinski definition) is 2. The molecule has 12 heavy (non-hydrogen) atoms. The van der Waals surface area contributed by atoms with Gasteiger partial charge in [-0.3, -0.25) is 0 Å². The molecule has 0 bridgehead atoms. The van der Waals surface area contributed by atoms with Crippen molar-refractivity contribution in [3.8, 4) is 5.00 Å². The lowest BCUT2D eigenvalue weighted by molar-refractivity contribution is 0.898. The summed E-state index contributed by atoms with van der Waals surface area (Å²) in [4.78, 5) is 1.40. The van der Waals surface area contributed by atoms with Gasteiger partial charge in [0.1, 0.15) is 5.00 Å². The Morgan fingerprint density at radius 2 is 2.42 bits per heavy atom. The van der Waals surface area contributed by atoms with Crippen LogP contribution in [0, 0.1) is 0 Å². The fourth-order valence-electron chi connectivity index (χ4n) is 1.08. The zero-order valence-corrected chi connectivity index (χ0v) is 7.71. The van der Waals surface area contributed by atoms with Gasteiger partial charge in [-0.25, -0.2) is 4.68 Å². The molecule has 2 nitrogen and oxygen atoms in total. The molecular formula is C9H10N2S. The Kier molecular flexibility index (Phi) is 1.96. The molecule has 3 heteroatoms. The van der Waals surface area contributed by atoms with Gasteiger partial charge in [0.05, 0.1) is 0 Å². The Bertz CT molecular complexity index is 348. The maximum atomic E-state index is 4.16. The van der Waals surface area contributed by atoms with Gasteiger partial charge in [0, 0.05) is 17.3 Å². The van der Waals surface area contributed by atoms with Crippen molar-refractivity contribution in [1.82, 2.24) is 9.78 Å². The van der Waals surface area contributed by atoms with E-state index in [1.54, 1.807) is 17.5 Å². The first-order chi connectivity index (χ1) is 5.90. The van der Waals surface area contributed by atoms with Crippen LogP contribution in [-0.4, -0.2) is 9.78 Å². The van der Waals surface area contributed by atoms with Crippen LogP contribution in [0.25, 0.3) is 5.00 Å². The quantitative estimate of drug-likeness (QED) is 0.691. The van der Waals surface area contributed by atoms with Crippen LogP contribution in [-0.2, 0) is 6.42 Å². The Hall–Kier alpha value is -1.09. The van der Waals surface area contributed by atoms with Gasteiger partial charge in [0.25, 0.3) is 0 Å². The van der Waals surface area contributed by atoms with Crippen LogP contribution in [0.5, 0.6) is 0 Å². The molecule has 0 spiro atoms. The van der Waals surface area contributed by atoms with Crippen LogP contribution in [0.4, 0.5) is 0 Å². The lowest BCUT2D eigenvalue weighted by Crippen LogP contribution is -1.88. The largest absolute Gasteiger partial charge is 0.231 e. The maximum absolute atomic E-state index is 4.16. The molecule has 0 N–H and O–H groups in total. The molecule has 0 aliphatic rings. The molecule has 0 aliphatic heterocycles. The number of rotatable bonds is 2. The predicted molar refractivity (Wildman–Crippen MR) is 50.8 cm³/mol. The molecule has 2 heterocycles. The third-order valence-electron chi connectivity index (χ3n) is 1.73. The van der Waals surface area contributed by atoms with E-state index >= 15 is 0 Å². The Labute approximate surface area is 75.5 Å². The summed E-state index contributed by atoms with van der Waals surface area (Å²) in [5, 5.41) is 5.35. The van der Waals surface area contributed by atoms with E-state index in [9.17, 15) is 0 Å². The molecule has 0 radical (unpaired) electrons. The summed E-state index contributed by atoms with van der Waals surface area (Å²) in [5.74, 6) is 0. The predicted octanol–water partition coefficient (Wildman–Crippen LogP) is 2.50. The van der Waals surface area contributed by atoms with E-state index < -0.39 is 0 Å². The van der Waals surface area contributed by atoms with Crippen molar-refractivity contribution in [2.75, 3.05) is 0 Å². The smallest absolute Gasteiger partial charge is 0.117 e. The summed E-state index contributed by atoms with van der Waals surface area (Å²) in [5.41, 5.74) is 0. The fourth-order valence-corrected chi connectivity index (χ4v) is 1.97. The van der Waals surface area contributed by atoms with Crippen LogP contribution in [0.2, 0.25) is 0 Å². The van der Waals surface area contributed by atoms with Crippen molar-refractivity contribution in [3.05, 3.63) is 35.5 Å². The first-order valence-corrected chi connectivity index (χ1v) is 4.80. The van der Waals surface area contributed by atoms with Crippen molar-refractivity contribution in [3.63, 3.8) is 0 Å². The molecule has 0 amide bonds. The lowest BCUT2D eigenvalue weighted by Gasteiger charge is -1.92. The minimum absolute atomic E-state index is 1.10. The van der Waals surface area contributed by atoms with Crippen molar-refractivity contribution in [2.24, 2.45) is 0 Å². The summed E-state index contributed by atoms with van der Waals surface area (Å²) in [6.07, 6.45) is 4.86. The molecule has 0 unspecified atom stereocenters. The third kappa shape index (κ3) is 1.28. The van der Waals surface area contributed by atoms with E-state index in [-0.39, 0.29) is 0 Å². The molecule has 2 aromatic rings. The summed E-state index contributed by atoms with van der Waals surface area (Å²) in [6.45, 7) is 2.17. The lowest BCUT2D eigenvalue weighted by atomic mass is 10.4. The summed E-state index contributed by atoms with van der Waals surface area (Å²) >= 11 is 1.79. The highest BCUT2D eigenvalue weighted by Crippen LogP contribution is 2.19. The van der Waals surface area contributed by atoms with E-state index in [0.717, 1.165) is 6.42 Å². The van der Waals surface area contributed by atoms with Gasteiger partial charge in [-0.2, -0.15) is 5.10 Å². The average Bonchev–Trinajstić information content (AvgIpc) is 2.75. The minimum atomic E-state index is 1.10. The van der Waals surface area contributed by atoms with Crippen molar-refractivity contribution < 1.29 is 0 Å². The topological polar surface area (TPSA) is 17.8 Å². The second kappa shape index (κ2) is 3.11. The van der Waals surface area contributed by atoms with Gasteiger partial charge in [-0.1, -0.05) is 6.92 Å². The molecular weight excluding hydrogens is 168 g/mol. The van der Waals surface area contributed by atoms with Gasteiger partial charge in [-0.15, -0.1) is 11.3 Å². The van der Waals surface area contributed by atoms with E-state index in [1.807, 2.05) is 16.9 Å². The zero-order chi connectivity index (χ0) is 8.39. The maximum Gasteiger partial charge on any atom is 0.117 e. The van der Waals surface area contributed by atoms with Gasteiger partial charge in [0.2, 0.25) is 0 Å². The third-order valence-corrected chi connectivity index (χ3v) is 2.95. The number of aromatic nitrogens is 2. The van der Waals surface area contributed by atoms with E-state index in [1.165, 1.54) is 9.88 Å². The van der Waals surface area contributed by atoms with Crippen LogP contribution < -0.4 is 0 Å². The Balaban J connectivity index is 2.35. The van der Waals surface area contributed by atoms with Crippen LogP contribution in [0.3, 0.4) is 0 Å². The summed E-state index contributed by atoms with van der Waals surface area (Å²) in [6, 6.07) is 6.20. The van der Waals surface area contributed by atoms with Gasteiger partial charge in [0.15, 0.2) is 0 Å². The van der Waals surface area contributed by atoms with Gasteiger partial charge >= 0.3 is 0 Å². The average molecular weight is 178 g/mol. The summed E-state index contributed by atoms with van der Waals surface area (Å²) in [7, 11) is 0. The zero-order valence-electron chi connectivity index (χ0n) is 6.90. The molecule has 2 rings (SSSR count). The number of thiophene rings is 1. The first-order valence-electron chi connectivity index (χ1n) is 3.99. The molecule has 0 atom stereocenters. The SMILES string of the molecule is CCc1ccc(-n2cccn2)s1. The molecule has 0 saturated carbocycles. The van der Waals surface area contributed by atoms with Crippen molar-refractivity contribution >= 4 is 11.3 Å². The monoisotopic (exact) mass is 178 g/mol. The Morgan fingerprint density at radius 3 is 3.00 bits per heavy atom. The molecule has 0 fully saturated rings. The van der Waals surface area contributed by atoms with E-state index in [4.69, 9.17) is 0 Å². The molecule has 0 aromatic carbocycles. The highest BCUT2D eigenvalue weighted by Gasteiger charge is 1.99. The fraction of sp³-hybridized carbons (Fsp3) is 0.222. The van der Waals surface area contributed by atoms with Crippen molar-refractivity contribution in [1.29, 1.82) is 0 Å². The van der Waals surface area contributed by atoms with Crippen LogP contribution in [0.15, 0.2) is 30.6 Å². The number of aryl methyl sites for hydroxylation is 1. The number of nitrogens with zero attached hydrogens (tertiary/aromatic N) is 2. The number of hydrogen-bond donors (Lipinski definition) is 0. The molecule has 62 valence electrons. The molecule has 2 aromatic heterocycles. The Morgan fingerprint density at radius 1 is 1.50 bits per heavy atom. The normalized spacial score (nSPS) is 10.4. The standard InChI is InChI=1S/C9H10N2S/c1-2-8-4-5-9(12-8)11-7-3-6-10-11/h3-7H,2H2,1H3. The minimum Gasteiger partial charge on any atom is -0.231 e. The summed E-state index contributed by atoms with van der Waals surface area (Å²) < 4.78 is 1.89. The first kappa shape index (κ1) is 7.55.